The van der Waals surface area contributed by atoms with Crippen molar-refractivity contribution in [1.29, 1.82) is 0 Å². The largest absolute Gasteiger partial charge is 0.355 e. The van der Waals surface area contributed by atoms with Crippen LogP contribution < -0.4 is 5.32 Å². The van der Waals surface area contributed by atoms with Crippen molar-refractivity contribution in [3.63, 3.8) is 0 Å². The lowest BCUT2D eigenvalue weighted by Crippen LogP contribution is -2.41. The van der Waals surface area contributed by atoms with E-state index in [0.717, 1.165) is 16.9 Å². The lowest BCUT2D eigenvalue weighted by atomic mass is 10.1. The number of carbonyl (C=O) groups excluding carboxylic acids is 1. The van der Waals surface area contributed by atoms with Gasteiger partial charge in [-0.1, -0.05) is 24.3 Å². The third-order valence-corrected chi connectivity index (χ3v) is 7.03. The molecule has 0 aromatic heterocycles. The highest BCUT2D eigenvalue weighted by Gasteiger charge is 2.34. The number of sulfone groups is 1. The summed E-state index contributed by atoms with van der Waals surface area (Å²) < 4.78 is 23.7. The minimum Gasteiger partial charge on any atom is -0.355 e. The van der Waals surface area contributed by atoms with Crippen LogP contribution in [0, 0.1) is 13.8 Å². The van der Waals surface area contributed by atoms with E-state index < -0.39 is 9.84 Å². The van der Waals surface area contributed by atoms with E-state index in [2.05, 4.69) is 18.3 Å². The molecular weight excluding hydrogens is 360 g/mol. The average Bonchev–Trinajstić information content (AvgIpc) is 2.99. The number of benzene rings is 2. The maximum Gasteiger partial charge on any atom is 0.256 e. The van der Waals surface area contributed by atoms with E-state index in [1.807, 2.05) is 44.2 Å². The SMILES string of the molecule is CCN(C(=O)c1ccccc1Nc1cccc(C)c1C)C1CCS(=O)(=O)C1. The highest BCUT2D eigenvalue weighted by molar-refractivity contribution is 7.91. The van der Waals surface area contributed by atoms with Crippen molar-refractivity contribution in [2.24, 2.45) is 0 Å². The summed E-state index contributed by atoms with van der Waals surface area (Å²) in [6, 6.07) is 13.2. The number of para-hydroxylation sites is 1. The van der Waals surface area contributed by atoms with Gasteiger partial charge in [0.05, 0.1) is 22.8 Å². The normalized spacial score (nSPS) is 18.3. The van der Waals surface area contributed by atoms with Gasteiger partial charge in [0.15, 0.2) is 9.84 Å². The summed E-state index contributed by atoms with van der Waals surface area (Å²) >= 11 is 0. The third-order valence-electron chi connectivity index (χ3n) is 5.28. The van der Waals surface area contributed by atoms with Crippen LogP contribution in [0.25, 0.3) is 0 Å². The van der Waals surface area contributed by atoms with Crippen LogP contribution in [-0.2, 0) is 9.84 Å². The highest BCUT2D eigenvalue weighted by Crippen LogP contribution is 2.27. The van der Waals surface area contributed by atoms with Crippen LogP contribution in [0.1, 0.15) is 34.8 Å². The van der Waals surface area contributed by atoms with Gasteiger partial charge in [-0.05, 0) is 56.5 Å². The quantitative estimate of drug-likeness (QED) is 0.851. The Balaban J connectivity index is 1.90. The number of anilines is 2. The van der Waals surface area contributed by atoms with E-state index in [1.54, 1.807) is 11.0 Å². The molecule has 27 heavy (non-hydrogen) atoms. The number of amides is 1. The van der Waals surface area contributed by atoms with E-state index in [0.29, 0.717) is 18.5 Å². The number of nitrogens with one attached hydrogen (secondary N) is 1. The van der Waals surface area contributed by atoms with Crippen LogP contribution in [-0.4, -0.2) is 43.3 Å². The third kappa shape index (κ3) is 4.16. The molecule has 2 aromatic carbocycles. The van der Waals surface area contributed by atoms with Crippen molar-refractivity contribution in [3.05, 3.63) is 59.2 Å². The molecule has 3 rings (SSSR count). The molecule has 1 saturated heterocycles. The predicted molar refractivity (Wildman–Crippen MR) is 109 cm³/mol. The molecule has 144 valence electrons. The van der Waals surface area contributed by atoms with Gasteiger partial charge in [-0.25, -0.2) is 8.42 Å². The van der Waals surface area contributed by atoms with Crippen molar-refractivity contribution in [1.82, 2.24) is 4.90 Å². The van der Waals surface area contributed by atoms with Crippen LogP contribution in [0.4, 0.5) is 11.4 Å². The van der Waals surface area contributed by atoms with Crippen LogP contribution >= 0.6 is 0 Å². The van der Waals surface area contributed by atoms with Gasteiger partial charge in [-0.3, -0.25) is 4.79 Å². The molecular formula is C21H26N2O3S. The van der Waals surface area contributed by atoms with Crippen molar-refractivity contribution in [2.45, 2.75) is 33.2 Å². The number of aryl methyl sites for hydroxylation is 1. The molecule has 1 amide bonds. The minimum atomic E-state index is -3.04. The topological polar surface area (TPSA) is 66.5 Å². The Morgan fingerprint density at radius 2 is 1.81 bits per heavy atom. The Labute approximate surface area is 161 Å². The number of hydrogen-bond acceptors (Lipinski definition) is 4. The van der Waals surface area contributed by atoms with E-state index in [-0.39, 0.29) is 23.5 Å². The highest BCUT2D eigenvalue weighted by atomic mass is 32.2. The fourth-order valence-corrected chi connectivity index (χ4v) is 5.28. The predicted octanol–water partition coefficient (Wildman–Crippen LogP) is 3.70. The second-order valence-electron chi connectivity index (χ2n) is 7.07. The van der Waals surface area contributed by atoms with Gasteiger partial charge in [-0.2, -0.15) is 0 Å². The van der Waals surface area contributed by atoms with Crippen LogP contribution in [0.15, 0.2) is 42.5 Å². The standard InChI is InChI=1S/C21H26N2O3S/c1-4-23(17-12-13-27(25,26)14-17)21(24)18-9-5-6-10-20(18)22-19-11-7-8-15(2)16(19)3/h5-11,17,22H,4,12-14H2,1-3H3. The second-order valence-corrected chi connectivity index (χ2v) is 9.29. The van der Waals surface area contributed by atoms with Crippen molar-refractivity contribution >= 4 is 27.1 Å². The smallest absolute Gasteiger partial charge is 0.256 e. The Morgan fingerprint density at radius 1 is 1.11 bits per heavy atom. The summed E-state index contributed by atoms with van der Waals surface area (Å²) in [4.78, 5) is 14.9. The van der Waals surface area contributed by atoms with Gasteiger partial charge in [0.25, 0.3) is 5.91 Å². The molecule has 1 atom stereocenters. The zero-order valence-electron chi connectivity index (χ0n) is 16.0. The van der Waals surface area contributed by atoms with Gasteiger partial charge in [-0.15, -0.1) is 0 Å². The Hall–Kier alpha value is -2.34. The van der Waals surface area contributed by atoms with Crippen LogP contribution in [0.3, 0.4) is 0 Å². The summed E-state index contributed by atoms with van der Waals surface area (Å²) in [5, 5.41) is 3.38. The first kappa shape index (κ1) is 19.4. The molecule has 1 aliphatic rings. The molecule has 0 bridgehead atoms. The molecule has 1 fully saturated rings. The molecule has 5 nitrogen and oxygen atoms in total. The molecule has 6 heteroatoms. The van der Waals surface area contributed by atoms with Crippen molar-refractivity contribution in [2.75, 3.05) is 23.4 Å². The first-order valence-electron chi connectivity index (χ1n) is 9.26. The Kier molecular flexibility index (Phi) is 5.56. The molecule has 0 saturated carbocycles. The van der Waals surface area contributed by atoms with E-state index in [9.17, 15) is 13.2 Å². The molecule has 1 aliphatic heterocycles. The molecule has 1 N–H and O–H groups in total. The molecule has 2 aromatic rings. The number of carbonyl (C=O) groups is 1. The maximum atomic E-state index is 13.2. The number of rotatable bonds is 5. The second kappa shape index (κ2) is 7.72. The van der Waals surface area contributed by atoms with Gasteiger partial charge in [0.1, 0.15) is 0 Å². The molecule has 1 heterocycles. The molecule has 0 spiro atoms. The average molecular weight is 387 g/mol. The minimum absolute atomic E-state index is 0.0547. The monoisotopic (exact) mass is 386 g/mol. The fourth-order valence-electron chi connectivity index (χ4n) is 3.55. The lowest BCUT2D eigenvalue weighted by Gasteiger charge is -2.28. The van der Waals surface area contributed by atoms with Crippen LogP contribution in [0.5, 0.6) is 0 Å². The van der Waals surface area contributed by atoms with Crippen LogP contribution in [0.2, 0.25) is 0 Å². The number of nitrogens with zero attached hydrogens (tertiary/aromatic N) is 1. The summed E-state index contributed by atoms with van der Waals surface area (Å²) in [6.07, 6.45) is 0.508. The van der Waals surface area contributed by atoms with Crippen molar-refractivity contribution in [3.8, 4) is 0 Å². The van der Waals surface area contributed by atoms with E-state index >= 15 is 0 Å². The number of hydrogen-bond donors (Lipinski definition) is 1. The van der Waals surface area contributed by atoms with E-state index in [4.69, 9.17) is 0 Å². The zero-order chi connectivity index (χ0) is 19.6. The maximum absolute atomic E-state index is 13.2. The molecule has 0 radical (unpaired) electrons. The summed E-state index contributed by atoms with van der Waals surface area (Å²) in [6.45, 7) is 6.47. The molecule has 0 aliphatic carbocycles. The van der Waals surface area contributed by atoms with Gasteiger partial charge >= 0.3 is 0 Å². The van der Waals surface area contributed by atoms with E-state index in [1.165, 1.54) is 5.56 Å². The summed E-state index contributed by atoms with van der Waals surface area (Å²) in [5.41, 5.74) is 4.56. The van der Waals surface area contributed by atoms with Gasteiger partial charge in [0, 0.05) is 18.3 Å². The first-order chi connectivity index (χ1) is 12.8. The zero-order valence-corrected chi connectivity index (χ0v) is 16.8. The fraction of sp³-hybridized carbons (Fsp3) is 0.381. The summed E-state index contributed by atoms with van der Waals surface area (Å²) in [7, 11) is -3.04. The molecule has 1 unspecified atom stereocenters. The Morgan fingerprint density at radius 3 is 2.48 bits per heavy atom. The summed E-state index contributed by atoms with van der Waals surface area (Å²) in [5.74, 6) is 0.0798. The first-order valence-corrected chi connectivity index (χ1v) is 11.1. The lowest BCUT2D eigenvalue weighted by molar-refractivity contribution is 0.0709. The van der Waals surface area contributed by atoms with Gasteiger partial charge in [0.2, 0.25) is 0 Å². The Bertz CT molecular complexity index is 954. The van der Waals surface area contributed by atoms with Crippen molar-refractivity contribution < 1.29 is 13.2 Å². The van der Waals surface area contributed by atoms with Gasteiger partial charge < -0.3 is 10.2 Å².